The number of benzene rings is 2. The Bertz CT molecular complexity index is 876. The van der Waals surface area contributed by atoms with E-state index in [1.54, 1.807) is 36.5 Å². The van der Waals surface area contributed by atoms with Crippen LogP contribution >= 0.6 is 0 Å². The molecule has 0 amide bonds. The van der Waals surface area contributed by atoms with Gasteiger partial charge in [-0.1, -0.05) is 18.2 Å². The zero-order valence-electron chi connectivity index (χ0n) is 14.6. The van der Waals surface area contributed by atoms with E-state index in [-0.39, 0.29) is 6.61 Å². The Kier molecular flexibility index (Phi) is 5.49. The molecule has 0 aliphatic rings. The van der Waals surface area contributed by atoms with Gasteiger partial charge in [-0.15, -0.1) is 0 Å². The maximum Gasteiger partial charge on any atom is 0.349 e. The van der Waals surface area contributed by atoms with Gasteiger partial charge in [0.15, 0.2) is 6.61 Å². The monoisotopic (exact) mass is 349 g/mol. The van der Waals surface area contributed by atoms with Crippen LogP contribution in [0.1, 0.15) is 11.1 Å². The zero-order chi connectivity index (χ0) is 18.4. The maximum absolute atomic E-state index is 12.0. The quantitative estimate of drug-likeness (QED) is 0.485. The molecule has 132 valence electrons. The van der Waals surface area contributed by atoms with Crippen LogP contribution in [0, 0.1) is 13.8 Å². The van der Waals surface area contributed by atoms with Crippen LogP contribution in [-0.2, 0) is 4.79 Å². The van der Waals surface area contributed by atoms with Gasteiger partial charge in [0.2, 0.25) is 5.88 Å². The molecule has 5 nitrogen and oxygen atoms in total. The minimum atomic E-state index is -0.468. The van der Waals surface area contributed by atoms with E-state index < -0.39 is 5.97 Å². The minimum absolute atomic E-state index is 0.156. The highest BCUT2D eigenvalue weighted by molar-refractivity contribution is 5.74. The van der Waals surface area contributed by atoms with Crippen molar-refractivity contribution in [3.63, 3.8) is 0 Å². The normalized spacial score (nSPS) is 10.2. The lowest BCUT2D eigenvalue weighted by Crippen LogP contribution is -2.18. The molecule has 0 fully saturated rings. The van der Waals surface area contributed by atoms with Crippen LogP contribution in [-0.4, -0.2) is 17.6 Å². The molecule has 0 N–H and O–H groups in total. The first-order valence-electron chi connectivity index (χ1n) is 8.20. The summed E-state index contributed by atoms with van der Waals surface area (Å²) in [5.41, 5.74) is 2.04. The summed E-state index contributed by atoms with van der Waals surface area (Å²) in [6, 6.07) is 18.0. The van der Waals surface area contributed by atoms with E-state index in [1.165, 1.54) is 0 Å². The smallest absolute Gasteiger partial charge is 0.349 e. The molecule has 2 aromatic carbocycles. The third-order valence-corrected chi connectivity index (χ3v) is 3.60. The fraction of sp³-hybridized carbons (Fsp3) is 0.143. The van der Waals surface area contributed by atoms with Gasteiger partial charge in [0.1, 0.15) is 17.2 Å². The van der Waals surface area contributed by atoms with Crippen molar-refractivity contribution in [2.24, 2.45) is 0 Å². The molecule has 0 bridgehead atoms. The van der Waals surface area contributed by atoms with Crippen LogP contribution in [0.2, 0.25) is 0 Å². The Morgan fingerprint density at radius 3 is 2.46 bits per heavy atom. The first-order chi connectivity index (χ1) is 12.6. The molecule has 0 saturated carbocycles. The van der Waals surface area contributed by atoms with Crippen molar-refractivity contribution < 1.29 is 19.0 Å². The van der Waals surface area contributed by atoms with Crippen molar-refractivity contribution in [1.82, 2.24) is 4.98 Å². The van der Waals surface area contributed by atoms with Crippen LogP contribution < -0.4 is 14.2 Å². The second kappa shape index (κ2) is 8.16. The van der Waals surface area contributed by atoms with Gasteiger partial charge in [-0.05, 0) is 61.4 Å². The molecular weight excluding hydrogens is 330 g/mol. The Balaban J connectivity index is 1.53. The molecular formula is C21H19NO4. The number of ether oxygens (including phenoxy) is 3. The second-order valence-electron chi connectivity index (χ2n) is 5.77. The second-order valence-corrected chi connectivity index (χ2v) is 5.77. The van der Waals surface area contributed by atoms with Crippen LogP contribution in [0.4, 0.5) is 0 Å². The van der Waals surface area contributed by atoms with Gasteiger partial charge in [0, 0.05) is 12.3 Å². The maximum atomic E-state index is 12.0. The van der Waals surface area contributed by atoms with Gasteiger partial charge < -0.3 is 14.2 Å². The van der Waals surface area contributed by atoms with E-state index in [0.717, 1.165) is 11.1 Å². The average molecular weight is 349 g/mol. The highest BCUT2D eigenvalue weighted by Gasteiger charge is 2.08. The minimum Gasteiger partial charge on any atom is -0.482 e. The van der Waals surface area contributed by atoms with E-state index in [2.05, 4.69) is 4.98 Å². The predicted molar refractivity (Wildman–Crippen MR) is 97.8 cm³/mol. The molecule has 0 atom stereocenters. The lowest BCUT2D eigenvalue weighted by atomic mass is 10.1. The molecule has 0 saturated heterocycles. The number of aryl methyl sites for hydroxylation is 2. The molecule has 0 aliphatic heterocycles. The number of rotatable bonds is 6. The van der Waals surface area contributed by atoms with Crippen LogP contribution in [0.5, 0.6) is 23.1 Å². The number of carbonyl (C=O) groups is 1. The van der Waals surface area contributed by atoms with Gasteiger partial charge in [0.05, 0.1) is 0 Å². The number of nitrogens with zero attached hydrogens (tertiary/aromatic N) is 1. The van der Waals surface area contributed by atoms with Crippen LogP contribution in [0.25, 0.3) is 0 Å². The molecule has 26 heavy (non-hydrogen) atoms. The van der Waals surface area contributed by atoms with Crippen molar-refractivity contribution in [3.05, 3.63) is 78.0 Å². The number of esters is 1. The largest absolute Gasteiger partial charge is 0.482 e. The van der Waals surface area contributed by atoms with Gasteiger partial charge in [-0.3, -0.25) is 0 Å². The van der Waals surface area contributed by atoms with E-state index >= 15 is 0 Å². The molecule has 0 spiro atoms. The highest BCUT2D eigenvalue weighted by Crippen LogP contribution is 2.23. The number of carbonyl (C=O) groups excluding carboxylic acids is 1. The Labute approximate surface area is 152 Å². The third kappa shape index (κ3) is 4.83. The number of hydrogen-bond donors (Lipinski definition) is 0. The van der Waals surface area contributed by atoms with Crippen molar-refractivity contribution in [1.29, 1.82) is 0 Å². The fourth-order valence-electron chi connectivity index (χ4n) is 2.26. The molecule has 0 radical (unpaired) electrons. The highest BCUT2D eigenvalue weighted by atomic mass is 16.6. The van der Waals surface area contributed by atoms with Crippen LogP contribution in [0.3, 0.4) is 0 Å². The summed E-state index contributed by atoms with van der Waals surface area (Å²) in [6.07, 6.45) is 1.65. The SMILES string of the molecule is Cc1ccc(C)c(OCC(=O)Oc2ccc(Oc3ccccn3)cc2)c1. The summed E-state index contributed by atoms with van der Waals surface area (Å²) < 4.78 is 16.4. The lowest BCUT2D eigenvalue weighted by molar-refractivity contribution is -0.136. The van der Waals surface area contributed by atoms with Crippen molar-refractivity contribution in [2.45, 2.75) is 13.8 Å². The van der Waals surface area contributed by atoms with Crippen LogP contribution in [0.15, 0.2) is 66.9 Å². The van der Waals surface area contributed by atoms with Crippen molar-refractivity contribution in [2.75, 3.05) is 6.61 Å². The van der Waals surface area contributed by atoms with Gasteiger partial charge >= 0.3 is 5.97 Å². The molecule has 5 heteroatoms. The summed E-state index contributed by atoms with van der Waals surface area (Å²) in [7, 11) is 0. The van der Waals surface area contributed by atoms with Gasteiger partial charge in [-0.2, -0.15) is 0 Å². The lowest BCUT2D eigenvalue weighted by Gasteiger charge is -2.10. The number of hydrogen-bond acceptors (Lipinski definition) is 5. The van der Waals surface area contributed by atoms with Gasteiger partial charge in [0.25, 0.3) is 0 Å². The van der Waals surface area contributed by atoms with Gasteiger partial charge in [-0.25, -0.2) is 9.78 Å². The topological polar surface area (TPSA) is 57.7 Å². The fourth-order valence-corrected chi connectivity index (χ4v) is 2.26. The summed E-state index contributed by atoms with van der Waals surface area (Å²) in [4.78, 5) is 16.1. The third-order valence-electron chi connectivity index (χ3n) is 3.60. The molecule has 0 unspecified atom stereocenters. The van der Waals surface area contributed by atoms with Crippen molar-refractivity contribution >= 4 is 5.97 Å². The molecule has 1 heterocycles. The summed E-state index contributed by atoms with van der Waals surface area (Å²) in [6.45, 7) is 3.75. The van der Waals surface area contributed by atoms with E-state index in [0.29, 0.717) is 23.1 Å². The molecule has 3 aromatic rings. The van der Waals surface area contributed by atoms with Crippen molar-refractivity contribution in [3.8, 4) is 23.1 Å². The first kappa shape index (κ1) is 17.5. The Morgan fingerprint density at radius 2 is 1.73 bits per heavy atom. The van der Waals surface area contributed by atoms with E-state index in [4.69, 9.17) is 14.2 Å². The number of pyridine rings is 1. The van der Waals surface area contributed by atoms with E-state index in [1.807, 2.05) is 44.2 Å². The predicted octanol–water partition coefficient (Wildman–Crippen LogP) is 4.48. The molecule has 1 aromatic heterocycles. The summed E-state index contributed by atoms with van der Waals surface area (Å²) >= 11 is 0. The number of aromatic nitrogens is 1. The Hall–Kier alpha value is -3.34. The van der Waals surface area contributed by atoms with E-state index in [9.17, 15) is 4.79 Å². The standard InChI is InChI=1S/C21H19NO4/c1-15-6-7-16(2)19(13-15)24-14-21(23)26-18-10-8-17(9-11-18)25-20-5-3-4-12-22-20/h3-13H,14H2,1-2H3. The molecule has 3 rings (SSSR count). The molecule has 0 aliphatic carbocycles. The summed E-state index contributed by atoms with van der Waals surface area (Å²) in [5, 5.41) is 0. The zero-order valence-corrected chi connectivity index (χ0v) is 14.6. The Morgan fingerprint density at radius 1 is 0.962 bits per heavy atom. The average Bonchev–Trinajstić information content (AvgIpc) is 2.65. The summed E-state index contributed by atoms with van der Waals surface area (Å²) in [5.74, 6) is 1.74. The first-order valence-corrected chi connectivity index (χ1v) is 8.20.